The van der Waals surface area contributed by atoms with Crippen LogP contribution in [0.3, 0.4) is 0 Å². The number of carboxylic acid groups (broad SMARTS) is 1. The Kier molecular flexibility index (Phi) is 5.79. The average Bonchev–Trinajstić information content (AvgIpc) is 2.65. The summed E-state index contributed by atoms with van der Waals surface area (Å²) in [5.41, 5.74) is 0.716. The van der Waals surface area contributed by atoms with Gasteiger partial charge in [-0.2, -0.15) is 0 Å². The summed E-state index contributed by atoms with van der Waals surface area (Å²) in [5.74, 6) is -1.35. The van der Waals surface area contributed by atoms with Gasteiger partial charge in [0.2, 0.25) is 5.43 Å². The smallest absolute Gasteiger partial charge is 0.341 e. The molecule has 0 atom stereocenters. The van der Waals surface area contributed by atoms with Crippen LogP contribution in [0, 0.1) is 0 Å². The minimum absolute atomic E-state index is 0.135. The summed E-state index contributed by atoms with van der Waals surface area (Å²) in [6.45, 7) is -0.0781. The summed E-state index contributed by atoms with van der Waals surface area (Å²) in [7, 11) is -3.40. The van der Waals surface area contributed by atoms with Crippen LogP contribution in [0.4, 0.5) is 0 Å². The van der Waals surface area contributed by atoms with Crippen molar-refractivity contribution in [1.29, 1.82) is 0 Å². The Bertz CT molecular complexity index is 1280. The Hall–Kier alpha value is -2.68. The second kappa shape index (κ2) is 7.98. The topological polar surface area (TPSA) is 114 Å². The lowest BCUT2D eigenvalue weighted by Crippen LogP contribution is -2.19. The third kappa shape index (κ3) is 4.34. The maximum atomic E-state index is 12.6. The first kappa shape index (κ1) is 21.0. The molecule has 2 aromatic carbocycles. The summed E-state index contributed by atoms with van der Waals surface area (Å²) in [4.78, 5) is 24.2. The molecule has 3 rings (SSSR count). The molecule has 7 nitrogen and oxygen atoms in total. The Morgan fingerprint density at radius 1 is 1.17 bits per heavy atom. The summed E-state index contributed by atoms with van der Waals surface area (Å²) in [5, 5.41) is 19.1. The first-order valence-electron chi connectivity index (χ1n) is 8.60. The van der Waals surface area contributed by atoms with Crippen LogP contribution in [-0.2, 0) is 22.8 Å². The highest BCUT2D eigenvalue weighted by atomic mass is 35.5. The van der Waals surface area contributed by atoms with Crippen LogP contribution in [0.2, 0.25) is 5.02 Å². The number of sulfone groups is 1. The highest BCUT2D eigenvalue weighted by Crippen LogP contribution is 2.24. The lowest BCUT2D eigenvalue weighted by molar-refractivity contribution is 0.0694. The molecule has 152 valence electrons. The van der Waals surface area contributed by atoms with E-state index in [9.17, 15) is 28.2 Å². The lowest BCUT2D eigenvalue weighted by atomic mass is 10.0. The van der Waals surface area contributed by atoms with Crippen LogP contribution in [-0.4, -0.2) is 42.0 Å². The van der Waals surface area contributed by atoms with Gasteiger partial charge in [0.1, 0.15) is 5.56 Å². The van der Waals surface area contributed by atoms with E-state index in [1.54, 1.807) is 18.2 Å². The van der Waals surface area contributed by atoms with E-state index in [1.807, 2.05) is 0 Å². The summed E-state index contributed by atoms with van der Waals surface area (Å²) in [6, 6.07) is 9.40. The lowest BCUT2D eigenvalue weighted by Gasteiger charge is -2.13. The van der Waals surface area contributed by atoms with E-state index in [2.05, 4.69) is 0 Å². The predicted molar refractivity (Wildman–Crippen MR) is 110 cm³/mol. The van der Waals surface area contributed by atoms with Crippen LogP contribution in [0.25, 0.3) is 10.9 Å². The first-order chi connectivity index (χ1) is 13.6. The fourth-order valence-corrected chi connectivity index (χ4v) is 3.99. The van der Waals surface area contributed by atoms with Gasteiger partial charge in [0.05, 0.1) is 17.0 Å². The predicted octanol–water partition coefficient (Wildman–Crippen LogP) is 2.34. The Balaban J connectivity index is 2.14. The second-order valence-electron chi connectivity index (χ2n) is 6.65. The number of pyridine rings is 1. The number of aliphatic hydroxyl groups excluding tert-OH is 1. The molecule has 0 aliphatic carbocycles. The largest absolute Gasteiger partial charge is 0.477 e. The molecule has 2 N–H and O–H groups in total. The number of carbonyl (C=O) groups is 1. The van der Waals surface area contributed by atoms with Gasteiger partial charge in [0, 0.05) is 29.4 Å². The number of benzene rings is 2. The first-order valence-corrected chi connectivity index (χ1v) is 10.9. The SMILES string of the molecule is CS(=O)(=O)c1ccc(Cl)c(Cc2ccc3c(c2)c(=O)c(C(=O)O)cn3CCO)c1. The molecule has 9 heteroatoms. The number of hydrogen-bond acceptors (Lipinski definition) is 5. The van der Waals surface area contributed by atoms with Crippen molar-refractivity contribution in [3.05, 3.63) is 74.5 Å². The van der Waals surface area contributed by atoms with Gasteiger partial charge in [-0.3, -0.25) is 4.79 Å². The number of halogens is 1. The maximum Gasteiger partial charge on any atom is 0.341 e. The van der Waals surface area contributed by atoms with Gasteiger partial charge in [-0.05, 0) is 47.9 Å². The standard InChI is InChI=1S/C20H18ClNO6S/c1-29(27,28)14-3-4-17(21)13(10-14)8-12-2-5-18-15(9-12)19(24)16(20(25)26)11-22(18)6-7-23/h2-5,9-11,23H,6-8H2,1H3,(H,25,26). The molecule has 0 aliphatic rings. The summed E-state index contributed by atoms with van der Waals surface area (Å²) in [6.07, 6.45) is 2.58. The minimum Gasteiger partial charge on any atom is -0.477 e. The van der Waals surface area contributed by atoms with Crippen molar-refractivity contribution < 1.29 is 23.4 Å². The molecule has 1 aromatic heterocycles. The van der Waals surface area contributed by atoms with Crippen molar-refractivity contribution in [3.63, 3.8) is 0 Å². The molecule has 0 fully saturated rings. The molecule has 29 heavy (non-hydrogen) atoms. The van der Waals surface area contributed by atoms with Gasteiger partial charge in [0.25, 0.3) is 0 Å². The van der Waals surface area contributed by atoms with Gasteiger partial charge in [-0.15, -0.1) is 0 Å². The van der Waals surface area contributed by atoms with Gasteiger partial charge < -0.3 is 14.8 Å². The number of rotatable bonds is 6. The Labute approximate surface area is 171 Å². The molecule has 1 heterocycles. The van der Waals surface area contributed by atoms with Crippen LogP contribution in [0.1, 0.15) is 21.5 Å². The van der Waals surface area contributed by atoms with Crippen LogP contribution in [0.15, 0.2) is 52.3 Å². The number of aromatic carboxylic acids is 1. The summed E-state index contributed by atoms with van der Waals surface area (Å²) < 4.78 is 25.1. The van der Waals surface area contributed by atoms with E-state index < -0.39 is 21.2 Å². The Morgan fingerprint density at radius 2 is 1.90 bits per heavy atom. The molecule has 3 aromatic rings. The zero-order valence-corrected chi connectivity index (χ0v) is 17.0. The van der Waals surface area contributed by atoms with E-state index >= 15 is 0 Å². The van der Waals surface area contributed by atoms with Crippen LogP contribution in [0.5, 0.6) is 0 Å². The van der Waals surface area contributed by atoms with Crippen molar-refractivity contribution >= 4 is 38.3 Å². The van der Waals surface area contributed by atoms with E-state index in [0.29, 0.717) is 21.7 Å². The molecule has 0 saturated carbocycles. The molecular formula is C20H18ClNO6S. The van der Waals surface area contributed by atoms with Gasteiger partial charge in [0.15, 0.2) is 9.84 Å². The number of carboxylic acids is 1. The highest BCUT2D eigenvalue weighted by molar-refractivity contribution is 7.90. The van der Waals surface area contributed by atoms with Gasteiger partial charge >= 0.3 is 5.97 Å². The fourth-order valence-electron chi connectivity index (χ4n) is 3.14. The number of hydrogen-bond donors (Lipinski definition) is 2. The van der Waals surface area contributed by atoms with Gasteiger partial charge in [-0.25, -0.2) is 13.2 Å². The molecule has 0 spiro atoms. The van der Waals surface area contributed by atoms with E-state index in [4.69, 9.17) is 11.6 Å². The third-order valence-corrected chi connectivity index (χ3v) is 6.03. The van der Waals surface area contributed by atoms with Crippen molar-refractivity contribution in [3.8, 4) is 0 Å². The zero-order chi connectivity index (χ0) is 21.3. The van der Waals surface area contributed by atoms with Crippen molar-refractivity contribution in [2.75, 3.05) is 12.9 Å². The molecule has 0 radical (unpaired) electrons. The highest BCUT2D eigenvalue weighted by Gasteiger charge is 2.16. The quantitative estimate of drug-likeness (QED) is 0.614. The second-order valence-corrected chi connectivity index (χ2v) is 9.07. The molecule has 0 aliphatic heterocycles. The number of fused-ring (bicyclic) bond motifs is 1. The van der Waals surface area contributed by atoms with Crippen LogP contribution >= 0.6 is 11.6 Å². The van der Waals surface area contributed by atoms with Crippen molar-refractivity contribution in [2.24, 2.45) is 0 Å². The molecular weight excluding hydrogens is 418 g/mol. The van der Waals surface area contributed by atoms with Crippen molar-refractivity contribution in [1.82, 2.24) is 4.57 Å². The monoisotopic (exact) mass is 435 g/mol. The molecule has 0 amide bonds. The van der Waals surface area contributed by atoms with Crippen molar-refractivity contribution in [2.45, 2.75) is 17.9 Å². The molecule has 0 unspecified atom stereocenters. The summed E-state index contributed by atoms with van der Waals surface area (Å²) >= 11 is 6.21. The van der Waals surface area contributed by atoms with Gasteiger partial charge in [-0.1, -0.05) is 17.7 Å². The van der Waals surface area contributed by atoms with E-state index in [1.165, 1.54) is 29.0 Å². The average molecular weight is 436 g/mol. The number of aromatic nitrogens is 1. The number of aliphatic hydroxyl groups is 1. The van der Waals surface area contributed by atoms with E-state index in [0.717, 1.165) is 6.26 Å². The normalized spacial score (nSPS) is 11.7. The van der Waals surface area contributed by atoms with Crippen LogP contribution < -0.4 is 5.43 Å². The molecule has 0 bridgehead atoms. The zero-order valence-electron chi connectivity index (χ0n) is 15.4. The third-order valence-electron chi connectivity index (χ3n) is 4.56. The number of nitrogens with zero attached hydrogens (tertiary/aromatic N) is 1. The Morgan fingerprint density at radius 3 is 2.52 bits per heavy atom. The minimum atomic E-state index is -3.40. The fraction of sp³-hybridized carbons (Fsp3) is 0.200. The van der Waals surface area contributed by atoms with E-state index in [-0.39, 0.29) is 35.4 Å². The maximum absolute atomic E-state index is 12.6. The molecule has 0 saturated heterocycles.